The summed E-state index contributed by atoms with van der Waals surface area (Å²) in [5, 5.41) is 9.20. The van der Waals surface area contributed by atoms with Gasteiger partial charge in [0.2, 0.25) is 5.95 Å². The molecule has 0 saturated carbocycles. The van der Waals surface area contributed by atoms with Gasteiger partial charge in [-0.3, -0.25) is 5.01 Å². The molecule has 0 unspecified atom stereocenters. The third kappa shape index (κ3) is 3.85. The van der Waals surface area contributed by atoms with E-state index in [2.05, 4.69) is 25.5 Å². The van der Waals surface area contributed by atoms with Crippen molar-refractivity contribution in [1.29, 1.82) is 0 Å². The zero-order valence-electron chi connectivity index (χ0n) is 18.6. The average molecular weight is 451 g/mol. The summed E-state index contributed by atoms with van der Waals surface area (Å²) in [5.41, 5.74) is 8.82. The second-order valence-electron chi connectivity index (χ2n) is 8.19. The topological polar surface area (TPSA) is 137 Å². The van der Waals surface area contributed by atoms with E-state index in [0.29, 0.717) is 28.8 Å². The molecular formula is C22H27FN10. The first-order valence-electron chi connectivity index (χ1n) is 10.9. The Kier molecular flexibility index (Phi) is 5.35. The van der Waals surface area contributed by atoms with Gasteiger partial charge in [-0.1, -0.05) is 0 Å². The molecule has 10 nitrogen and oxygen atoms in total. The molecule has 1 saturated heterocycles. The van der Waals surface area contributed by atoms with Crippen molar-refractivity contribution in [2.24, 2.45) is 16.6 Å². The van der Waals surface area contributed by atoms with Gasteiger partial charge in [0.25, 0.3) is 0 Å². The highest BCUT2D eigenvalue weighted by Crippen LogP contribution is 2.37. The van der Waals surface area contributed by atoms with Gasteiger partial charge in [-0.05, 0) is 38.0 Å². The van der Waals surface area contributed by atoms with Crippen molar-refractivity contribution in [2.75, 3.05) is 35.7 Å². The number of allylic oxidation sites excluding steroid dienone is 2. The molecule has 4 heterocycles. The summed E-state index contributed by atoms with van der Waals surface area (Å²) in [5.74, 6) is 7.44. The molecule has 2 aromatic heterocycles. The third-order valence-corrected chi connectivity index (χ3v) is 6.01. The van der Waals surface area contributed by atoms with Crippen LogP contribution in [0.5, 0.6) is 0 Å². The maximum atomic E-state index is 14.4. The minimum Gasteiger partial charge on any atom is -0.386 e. The van der Waals surface area contributed by atoms with Crippen LogP contribution < -0.4 is 27.1 Å². The highest BCUT2D eigenvalue weighted by atomic mass is 19.1. The van der Waals surface area contributed by atoms with Gasteiger partial charge in [-0.2, -0.15) is 9.97 Å². The predicted molar refractivity (Wildman–Crippen MR) is 130 cm³/mol. The Hall–Kier alpha value is -3.70. The summed E-state index contributed by atoms with van der Waals surface area (Å²) in [6.07, 6.45) is 6.92. The molecule has 2 aliphatic rings. The molecule has 0 aliphatic carbocycles. The molecule has 0 radical (unpaired) electrons. The van der Waals surface area contributed by atoms with Crippen molar-refractivity contribution < 1.29 is 4.39 Å². The second-order valence-corrected chi connectivity index (χ2v) is 8.19. The van der Waals surface area contributed by atoms with Gasteiger partial charge in [0.05, 0.1) is 28.5 Å². The van der Waals surface area contributed by atoms with Gasteiger partial charge in [0, 0.05) is 37.8 Å². The van der Waals surface area contributed by atoms with E-state index in [9.17, 15) is 4.39 Å². The normalized spacial score (nSPS) is 18.5. The lowest BCUT2D eigenvalue weighted by Gasteiger charge is -2.31. The SMILES string of the molecule is C/C=C1/N=CC(Nc2nc(N3CCC(N)CC3)c3c(n2)[nH]c2c(NC)cc(F)cc23)=CN1N. The van der Waals surface area contributed by atoms with Crippen LogP contribution >= 0.6 is 0 Å². The van der Waals surface area contributed by atoms with Gasteiger partial charge >= 0.3 is 0 Å². The first-order chi connectivity index (χ1) is 16.0. The zero-order chi connectivity index (χ0) is 23.1. The van der Waals surface area contributed by atoms with E-state index < -0.39 is 0 Å². The molecule has 0 spiro atoms. The molecule has 0 amide bonds. The minimum absolute atomic E-state index is 0.174. The summed E-state index contributed by atoms with van der Waals surface area (Å²) in [4.78, 5) is 19.4. The number of hydrogen-bond donors (Lipinski definition) is 5. The first-order valence-corrected chi connectivity index (χ1v) is 10.9. The van der Waals surface area contributed by atoms with Crippen molar-refractivity contribution in [3.63, 3.8) is 0 Å². The van der Waals surface area contributed by atoms with Gasteiger partial charge in [0.1, 0.15) is 23.1 Å². The number of aromatic nitrogens is 3. The number of aliphatic imine (C=N–C) groups is 1. The molecule has 172 valence electrons. The van der Waals surface area contributed by atoms with E-state index in [1.807, 2.05) is 13.0 Å². The van der Waals surface area contributed by atoms with Crippen LogP contribution in [0, 0.1) is 5.82 Å². The van der Waals surface area contributed by atoms with Gasteiger partial charge in [0.15, 0.2) is 0 Å². The highest BCUT2D eigenvalue weighted by molar-refractivity contribution is 6.14. The monoisotopic (exact) mass is 450 g/mol. The van der Waals surface area contributed by atoms with Crippen LogP contribution in [0.1, 0.15) is 19.8 Å². The molecule has 11 heteroatoms. The number of H-pyrrole nitrogens is 1. The van der Waals surface area contributed by atoms with Gasteiger partial charge in [-0.15, -0.1) is 0 Å². The number of aromatic amines is 1. The molecule has 3 aromatic rings. The van der Waals surface area contributed by atoms with Crippen LogP contribution in [0.3, 0.4) is 0 Å². The third-order valence-electron chi connectivity index (χ3n) is 6.01. The number of hydrazine groups is 1. The number of fused-ring (bicyclic) bond motifs is 3. The van der Waals surface area contributed by atoms with Crippen molar-refractivity contribution in [1.82, 2.24) is 20.0 Å². The quantitative estimate of drug-likeness (QED) is 0.383. The van der Waals surface area contributed by atoms with Crippen LogP contribution in [0.2, 0.25) is 0 Å². The van der Waals surface area contributed by atoms with E-state index in [4.69, 9.17) is 21.5 Å². The van der Waals surface area contributed by atoms with Crippen molar-refractivity contribution >= 4 is 45.6 Å². The van der Waals surface area contributed by atoms with Crippen molar-refractivity contribution in [3.05, 3.63) is 41.7 Å². The second kappa shape index (κ2) is 8.34. The average Bonchev–Trinajstić information content (AvgIpc) is 3.17. The number of piperidine rings is 1. The minimum atomic E-state index is -0.326. The molecule has 1 aromatic carbocycles. The molecule has 1 fully saturated rings. The molecule has 2 aliphatic heterocycles. The predicted octanol–water partition coefficient (Wildman–Crippen LogP) is 2.59. The van der Waals surface area contributed by atoms with E-state index in [0.717, 1.165) is 48.0 Å². The number of nitrogens with zero attached hydrogens (tertiary/aromatic N) is 5. The summed E-state index contributed by atoms with van der Waals surface area (Å²) >= 11 is 0. The summed E-state index contributed by atoms with van der Waals surface area (Å²) < 4.78 is 14.4. The van der Waals surface area contributed by atoms with Gasteiger partial charge in [-0.25, -0.2) is 15.2 Å². The Morgan fingerprint density at radius 3 is 2.73 bits per heavy atom. The molecular weight excluding hydrogens is 423 g/mol. The Morgan fingerprint density at radius 1 is 1.24 bits per heavy atom. The van der Waals surface area contributed by atoms with Crippen LogP contribution in [-0.4, -0.2) is 52.4 Å². The maximum Gasteiger partial charge on any atom is 0.231 e. The number of nitrogens with two attached hydrogens (primary N) is 2. The number of hydrogen-bond acceptors (Lipinski definition) is 9. The Morgan fingerprint density at radius 2 is 2.03 bits per heavy atom. The van der Waals surface area contributed by atoms with Crippen molar-refractivity contribution in [3.8, 4) is 0 Å². The first kappa shape index (κ1) is 21.2. The zero-order valence-corrected chi connectivity index (χ0v) is 18.6. The molecule has 33 heavy (non-hydrogen) atoms. The largest absolute Gasteiger partial charge is 0.386 e. The van der Waals surface area contributed by atoms with E-state index in [1.54, 1.807) is 19.5 Å². The van der Waals surface area contributed by atoms with Crippen LogP contribution in [-0.2, 0) is 0 Å². The standard InChI is InChI=1S/C22H27FN10/c1-3-17-27-10-14(11-33(17)25)28-22-30-20-18(21(31-22)32-6-4-13(24)5-7-32)15-8-12(23)9-16(26-2)19(15)29-20/h3,8-11,13,26H,4-7,24-25H2,1-2H3,(H2,28,29,30,31)/b17-3-. The number of nitrogens with one attached hydrogen (secondary N) is 3. The molecule has 5 rings (SSSR count). The number of benzene rings is 1. The number of rotatable bonds is 4. The Balaban J connectivity index is 1.64. The fourth-order valence-electron chi connectivity index (χ4n) is 4.31. The Bertz CT molecular complexity index is 1300. The fourth-order valence-corrected chi connectivity index (χ4v) is 4.31. The van der Waals surface area contributed by atoms with E-state index in [1.165, 1.54) is 17.1 Å². The lowest BCUT2D eigenvalue weighted by molar-refractivity contribution is 0.480. The molecule has 7 N–H and O–H groups in total. The van der Waals surface area contributed by atoms with Crippen molar-refractivity contribution in [2.45, 2.75) is 25.8 Å². The Labute approximate surface area is 190 Å². The van der Waals surface area contributed by atoms with E-state index >= 15 is 0 Å². The van der Waals surface area contributed by atoms with Crippen LogP contribution in [0.4, 0.5) is 21.8 Å². The highest BCUT2D eigenvalue weighted by Gasteiger charge is 2.24. The summed E-state index contributed by atoms with van der Waals surface area (Å²) in [6, 6.07) is 3.15. The number of halogens is 1. The number of anilines is 3. The fraction of sp³-hybridized carbons (Fsp3) is 0.318. The van der Waals surface area contributed by atoms with Crippen LogP contribution in [0.25, 0.3) is 21.9 Å². The smallest absolute Gasteiger partial charge is 0.231 e. The lowest BCUT2D eigenvalue weighted by atomic mass is 10.1. The summed E-state index contributed by atoms with van der Waals surface area (Å²) in [6.45, 7) is 3.39. The molecule has 0 atom stereocenters. The van der Waals surface area contributed by atoms with Crippen LogP contribution in [0.15, 0.2) is 40.9 Å². The van der Waals surface area contributed by atoms with Gasteiger partial charge < -0.3 is 26.3 Å². The van der Waals surface area contributed by atoms with E-state index in [-0.39, 0.29) is 11.9 Å². The maximum absolute atomic E-state index is 14.4. The lowest BCUT2D eigenvalue weighted by Crippen LogP contribution is -2.40. The molecule has 0 bridgehead atoms. The summed E-state index contributed by atoms with van der Waals surface area (Å²) in [7, 11) is 1.76.